The largest absolute Gasteiger partial charge is 0.249 e. The van der Waals surface area contributed by atoms with Gasteiger partial charge in [-0.3, -0.25) is 0 Å². The average Bonchev–Trinajstić information content (AvgIpc) is 2.75. The second-order valence-corrected chi connectivity index (χ2v) is 4.95. The minimum absolute atomic E-state index is 0.493. The SMILES string of the molecule is CC1CCCn2nc(-c3ccccc3Cl)nc21. The van der Waals surface area contributed by atoms with Gasteiger partial charge in [-0.15, -0.1) is 0 Å². The number of nitrogens with zero attached hydrogens (tertiary/aromatic N) is 3. The molecule has 17 heavy (non-hydrogen) atoms. The first-order chi connectivity index (χ1) is 8.25. The van der Waals surface area contributed by atoms with E-state index in [9.17, 15) is 0 Å². The molecule has 1 aromatic heterocycles. The number of rotatable bonds is 1. The maximum Gasteiger partial charge on any atom is 0.182 e. The Kier molecular flexibility index (Phi) is 2.63. The highest BCUT2D eigenvalue weighted by Crippen LogP contribution is 2.29. The smallest absolute Gasteiger partial charge is 0.182 e. The van der Waals surface area contributed by atoms with Crippen LogP contribution in [0.15, 0.2) is 24.3 Å². The zero-order valence-electron chi connectivity index (χ0n) is 9.73. The zero-order chi connectivity index (χ0) is 11.8. The fourth-order valence-electron chi connectivity index (χ4n) is 2.32. The standard InChI is InChI=1S/C13H14ClN3/c1-9-5-4-8-17-13(9)15-12(16-17)10-6-2-3-7-11(10)14/h2-3,6-7,9H,4-5,8H2,1H3. The van der Waals surface area contributed by atoms with Crippen LogP contribution in [0.1, 0.15) is 31.5 Å². The van der Waals surface area contributed by atoms with Crippen molar-refractivity contribution in [1.29, 1.82) is 0 Å². The molecule has 0 amide bonds. The molecule has 0 saturated carbocycles. The van der Waals surface area contributed by atoms with Crippen molar-refractivity contribution in [3.8, 4) is 11.4 Å². The molecule has 4 heteroatoms. The van der Waals surface area contributed by atoms with E-state index in [0.29, 0.717) is 10.9 Å². The van der Waals surface area contributed by atoms with Gasteiger partial charge < -0.3 is 0 Å². The summed E-state index contributed by atoms with van der Waals surface area (Å²) in [6.07, 6.45) is 2.38. The highest BCUT2D eigenvalue weighted by molar-refractivity contribution is 6.33. The molecule has 1 aliphatic heterocycles. The molecule has 0 aliphatic carbocycles. The van der Waals surface area contributed by atoms with Crippen molar-refractivity contribution >= 4 is 11.6 Å². The molecule has 0 N–H and O–H groups in total. The summed E-state index contributed by atoms with van der Waals surface area (Å²) in [5.74, 6) is 2.33. The first-order valence-electron chi connectivity index (χ1n) is 5.95. The van der Waals surface area contributed by atoms with Crippen molar-refractivity contribution in [2.24, 2.45) is 0 Å². The van der Waals surface area contributed by atoms with E-state index in [1.807, 2.05) is 28.9 Å². The second-order valence-electron chi connectivity index (χ2n) is 4.54. The number of aromatic nitrogens is 3. The van der Waals surface area contributed by atoms with Crippen LogP contribution < -0.4 is 0 Å². The van der Waals surface area contributed by atoms with Crippen LogP contribution in [0, 0.1) is 0 Å². The Hall–Kier alpha value is -1.35. The number of halogens is 1. The summed E-state index contributed by atoms with van der Waals surface area (Å²) >= 11 is 6.17. The minimum Gasteiger partial charge on any atom is -0.249 e. The third kappa shape index (κ3) is 1.84. The quantitative estimate of drug-likeness (QED) is 0.772. The molecule has 0 saturated heterocycles. The van der Waals surface area contributed by atoms with Crippen molar-refractivity contribution in [3.05, 3.63) is 35.1 Å². The third-order valence-electron chi connectivity index (χ3n) is 3.26. The molecule has 1 atom stereocenters. The van der Waals surface area contributed by atoms with Crippen LogP contribution >= 0.6 is 11.6 Å². The van der Waals surface area contributed by atoms with E-state index >= 15 is 0 Å². The monoisotopic (exact) mass is 247 g/mol. The van der Waals surface area contributed by atoms with Crippen molar-refractivity contribution in [1.82, 2.24) is 14.8 Å². The van der Waals surface area contributed by atoms with Gasteiger partial charge in [-0.25, -0.2) is 9.67 Å². The van der Waals surface area contributed by atoms with Crippen LogP contribution in [0.2, 0.25) is 5.02 Å². The van der Waals surface area contributed by atoms with E-state index < -0.39 is 0 Å². The Balaban J connectivity index is 2.08. The molecule has 2 aromatic rings. The summed E-state index contributed by atoms with van der Waals surface area (Å²) in [7, 11) is 0. The Morgan fingerprint density at radius 2 is 2.18 bits per heavy atom. The number of fused-ring (bicyclic) bond motifs is 1. The maximum atomic E-state index is 6.17. The van der Waals surface area contributed by atoms with E-state index in [-0.39, 0.29) is 0 Å². The summed E-state index contributed by atoms with van der Waals surface area (Å²) in [6, 6.07) is 7.73. The van der Waals surface area contributed by atoms with Gasteiger partial charge in [0, 0.05) is 18.0 Å². The first kappa shape index (κ1) is 10.8. The lowest BCUT2D eigenvalue weighted by Gasteiger charge is -2.17. The van der Waals surface area contributed by atoms with Crippen LogP contribution in [-0.4, -0.2) is 14.8 Å². The lowest BCUT2D eigenvalue weighted by atomic mass is 10.0. The number of aryl methyl sites for hydroxylation is 1. The average molecular weight is 248 g/mol. The van der Waals surface area contributed by atoms with Gasteiger partial charge in [0.1, 0.15) is 5.82 Å². The highest BCUT2D eigenvalue weighted by Gasteiger charge is 2.21. The zero-order valence-corrected chi connectivity index (χ0v) is 10.5. The molecule has 1 unspecified atom stereocenters. The van der Waals surface area contributed by atoms with Gasteiger partial charge in [0.05, 0.1) is 5.02 Å². The van der Waals surface area contributed by atoms with Crippen LogP contribution in [0.5, 0.6) is 0 Å². The molecular weight excluding hydrogens is 234 g/mol. The van der Waals surface area contributed by atoms with Gasteiger partial charge >= 0.3 is 0 Å². The van der Waals surface area contributed by atoms with Gasteiger partial charge in [-0.05, 0) is 25.0 Å². The molecule has 1 aliphatic rings. The van der Waals surface area contributed by atoms with E-state index in [1.54, 1.807) is 0 Å². The summed E-state index contributed by atoms with van der Waals surface area (Å²) in [4.78, 5) is 4.63. The van der Waals surface area contributed by atoms with E-state index in [4.69, 9.17) is 11.6 Å². The van der Waals surface area contributed by atoms with E-state index in [0.717, 1.165) is 23.8 Å². The van der Waals surface area contributed by atoms with E-state index in [2.05, 4.69) is 17.0 Å². The molecule has 0 bridgehead atoms. The number of hydrogen-bond donors (Lipinski definition) is 0. The van der Waals surface area contributed by atoms with Crippen LogP contribution in [0.25, 0.3) is 11.4 Å². The van der Waals surface area contributed by atoms with Crippen LogP contribution in [-0.2, 0) is 6.54 Å². The Bertz CT molecular complexity index is 547. The fourth-order valence-corrected chi connectivity index (χ4v) is 2.54. The van der Waals surface area contributed by atoms with Gasteiger partial charge in [0.25, 0.3) is 0 Å². The second kappa shape index (κ2) is 4.15. The molecule has 2 heterocycles. The summed E-state index contributed by atoms with van der Waals surface area (Å²) in [5.41, 5.74) is 0.920. The number of benzene rings is 1. The van der Waals surface area contributed by atoms with Crippen molar-refractivity contribution < 1.29 is 0 Å². The van der Waals surface area contributed by atoms with E-state index in [1.165, 1.54) is 12.8 Å². The summed E-state index contributed by atoms with van der Waals surface area (Å²) in [5, 5.41) is 5.26. The lowest BCUT2D eigenvalue weighted by Crippen LogP contribution is -2.14. The Morgan fingerprint density at radius 1 is 1.35 bits per heavy atom. The third-order valence-corrected chi connectivity index (χ3v) is 3.59. The molecule has 0 fully saturated rings. The fraction of sp³-hybridized carbons (Fsp3) is 0.385. The van der Waals surface area contributed by atoms with Crippen molar-refractivity contribution in [2.75, 3.05) is 0 Å². The van der Waals surface area contributed by atoms with Gasteiger partial charge in [-0.2, -0.15) is 5.10 Å². The first-order valence-corrected chi connectivity index (χ1v) is 6.33. The predicted molar refractivity (Wildman–Crippen MR) is 68.1 cm³/mol. The van der Waals surface area contributed by atoms with Gasteiger partial charge in [-0.1, -0.05) is 30.7 Å². The van der Waals surface area contributed by atoms with Gasteiger partial charge in [0.15, 0.2) is 5.82 Å². The highest BCUT2D eigenvalue weighted by atomic mass is 35.5. The molecular formula is C13H14ClN3. The Labute approximate surface area is 105 Å². The predicted octanol–water partition coefficient (Wildman–Crippen LogP) is 3.50. The van der Waals surface area contributed by atoms with Crippen molar-refractivity contribution in [2.45, 2.75) is 32.2 Å². The Morgan fingerprint density at radius 3 is 2.94 bits per heavy atom. The van der Waals surface area contributed by atoms with Crippen LogP contribution in [0.3, 0.4) is 0 Å². The minimum atomic E-state index is 0.493. The lowest BCUT2D eigenvalue weighted by molar-refractivity contribution is 0.432. The molecule has 0 radical (unpaired) electrons. The maximum absolute atomic E-state index is 6.17. The normalized spacial score (nSPS) is 19.1. The molecule has 3 nitrogen and oxygen atoms in total. The topological polar surface area (TPSA) is 30.7 Å². The van der Waals surface area contributed by atoms with Crippen LogP contribution in [0.4, 0.5) is 0 Å². The molecule has 88 valence electrons. The van der Waals surface area contributed by atoms with Crippen molar-refractivity contribution in [3.63, 3.8) is 0 Å². The summed E-state index contributed by atoms with van der Waals surface area (Å²) in [6.45, 7) is 3.17. The molecule has 1 aromatic carbocycles. The summed E-state index contributed by atoms with van der Waals surface area (Å²) < 4.78 is 2.02. The molecule has 3 rings (SSSR count). The number of hydrogen-bond acceptors (Lipinski definition) is 2. The van der Waals surface area contributed by atoms with Gasteiger partial charge in [0.2, 0.25) is 0 Å². The molecule has 0 spiro atoms.